The van der Waals surface area contributed by atoms with E-state index in [4.69, 9.17) is 0 Å². The van der Waals surface area contributed by atoms with E-state index in [-0.39, 0.29) is 0 Å². The first-order valence-corrected chi connectivity index (χ1v) is 7.00. The van der Waals surface area contributed by atoms with Crippen molar-refractivity contribution in [1.82, 2.24) is 0 Å². The summed E-state index contributed by atoms with van der Waals surface area (Å²) in [6, 6.07) is 0. The molecule has 0 aromatic heterocycles. The summed E-state index contributed by atoms with van der Waals surface area (Å²) in [7, 11) is 0. The Morgan fingerprint density at radius 3 is 1.73 bits per heavy atom. The van der Waals surface area contributed by atoms with Crippen molar-refractivity contribution in [2.75, 3.05) is 0 Å². The lowest BCUT2D eigenvalue weighted by molar-refractivity contribution is 0.0976. The van der Waals surface area contributed by atoms with E-state index in [9.17, 15) is 0 Å². The zero-order chi connectivity index (χ0) is 10.8. The second-order valence-corrected chi connectivity index (χ2v) is 6.35. The van der Waals surface area contributed by atoms with Crippen LogP contribution in [0.4, 0.5) is 0 Å². The summed E-state index contributed by atoms with van der Waals surface area (Å²) in [5.74, 6) is 5.85. The molecule has 0 aromatic rings. The van der Waals surface area contributed by atoms with Crippen molar-refractivity contribution in [2.24, 2.45) is 23.7 Å². The van der Waals surface area contributed by atoms with Crippen molar-refractivity contribution in [1.29, 1.82) is 0 Å². The highest BCUT2D eigenvalue weighted by atomic mass is 14.4. The molecule has 0 amide bonds. The van der Waals surface area contributed by atoms with Crippen molar-refractivity contribution >= 4 is 0 Å². The Labute approximate surface area is 95.8 Å². The highest BCUT2D eigenvalue weighted by Gasteiger charge is 2.39. The van der Waals surface area contributed by atoms with E-state index in [1.165, 1.54) is 44.9 Å². The summed E-state index contributed by atoms with van der Waals surface area (Å²) in [4.78, 5) is 0. The minimum atomic E-state index is 0.854. The molecule has 15 heavy (non-hydrogen) atoms. The molecule has 0 bridgehead atoms. The topological polar surface area (TPSA) is 0 Å². The van der Waals surface area contributed by atoms with E-state index in [0.717, 1.165) is 23.7 Å². The molecule has 0 unspecified atom stereocenters. The van der Waals surface area contributed by atoms with E-state index in [1.807, 2.05) is 5.92 Å². The third kappa shape index (κ3) is 2.57. The number of hydrogen-bond acceptors (Lipinski definition) is 0. The van der Waals surface area contributed by atoms with Crippen molar-refractivity contribution in [3.63, 3.8) is 0 Å². The van der Waals surface area contributed by atoms with Crippen LogP contribution in [0.1, 0.15) is 65.7 Å². The third-order valence-corrected chi connectivity index (χ3v) is 4.61. The summed E-state index contributed by atoms with van der Waals surface area (Å²) in [6.45, 7) is 7.17. The monoisotopic (exact) mass is 207 g/mol. The average molecular weight is 207 g/mol. The molecule has 2 fully saturated rings. The van der Waals surface area contributed by atoms with Crippen LogP contribution in [-0.4, -0.2) is 0 Å². The molecular formula is C15H27. The zero-order valence-corrected chi connectivity index (χ0v) is 10.8. The minimum Gasteiger partial charge on any atom is -0.0628 e. The fourth-order valence-electron chi connectivity index (χ4n) is 3.57. The predicted octanol–water partition coefficient (Wildman–Crippen LogP) is 4.84. The maximum atomic E-state index is 2.45. The van der Waals surface area contributed by atoms with E-state index < -0.39 is 0 Å². The standard InChI is InChI=1S/C15H27/c1-11(2)10-12(3)15(13-6-4-7-13)14-8-5-9-14/h11,13-15H,4-10H2,1-3H3. The summed E-state index contributed by atoms with van der Waals surface area (Å²) >= 11 is 0. The maximum absolute atomic E-state index is 2.45. The summed E-state index contributed by atoms with van der Waals surface area (Å²) in [5, 5.41) is 0. The smallest absolute Gasteiger partial charge is 0.0233 e. The van der Waals surface area contributed by atoms with Crippen LogP contribution in [0.5, 0.6) is 0 Å². The first kappa shape index (κ1) is 11.5. The molecule has 0 nitrogen and oxygen atoms in total. The van der Waals surface area contributed by atoms with Gasteiger partial charge >= 0.3 is 0 Å². The molecule has 0 heterocycles. The largest absolute Gasteiger partial charge is 0.0628 e. The summed E-state index contributed by atoms with van der Waals surface area (Å²) in [6.07, 6.45) is 10.5. The Hall–Kier alpha value is 0. The van der Waals surface area contributed by atoms with E-state index in [1.54, 1.807) is 0 Å². The lowest BCUT2D eigenvalue weighted by Gasteiger charge is -2.46. The number of hydrogen-bond donors (Lipinski definition) is 0. The van der Waals surface area contributed by atoms with Gasteiger partial charge in [0.05, 0.1) is 0 Å². The first-order valence-electron chi connectivity index (χ1n) is 7.00. The molecule has 2 aliphatic carbocycles. The fourth-order valence-corrected chi connectivity index (χ4v) is 3.57. The summed E-state index contributed by atoms with van der Waals surface area (Å²) in [5.41, 5.74) is 0. The van der Waals surface area contributed by atoms with Crippen LogP contribution in [0.25, 0.3) is 0 Å². The van der Waals surface area contributed by atoms with Gasteiger partial charge in [-0.15, -0.1) is 0 Å². The van der Waals surface area contributed by atoms with Crippen molar-refractivity contribution in [3.05, 3.63) is 5.92 Å². The summed E-state index contributed by atoms with van der Waals surface area (Å²) < 4.78 is 0. The quantitative estimate of drug-likeness (QED) is 0.605. The van der Waals surface area contributed by atoms with Crippen LogP contribution in [-0.2, 0) is 0 Å². The Kier molecular flexibility index (Phi) is 3.74. The van der Waals surface area contributed by atoms with Gasteiger partial charge in [0, 0.05) is 0 Å². The van der Waals surface area contributed by atoms with Gasteiger partial charge in [0.25, 0.3) is 0 Å². The predicted molar refractivity (Wildman–Crippen MR) is 66.5 cm³/mol. The highest BCUT2D eigenvalue weighted by molar-refractivity contribution is 5.02. The van der Waals surface area contributed by atoms with Crippen molar-refractivity contribution < 1.29 is 0 Å². The van der Waals surface area contributed by atoms with Crippen LogP contribution >= 0.6 is 0 Å². The molecule has 0 saturated heterocycles. The highest BCUT2D eigenvalue weighted by Crippen LogP contribution is 2.49. The average Bonchev–Trinajstić information content (AvgIpc) is 1.94. The molecule has 87 valence electrons. The lowest BCUT2D eigenvalue weighted by atomic mass is 9.60. The van der Waals surface area contributed by atoms with Gasteiger partial charge in [-0.2, -0.15) is 0 Å². The molecule has 0 aromatic carbocycles. The zero-order valence-electron chi connectivity index (χ0n) is 10.8. The number of rotatable bonds is 5. The van der Waals surface area contributed by atoms with Gasteiger partial charge in [-0.25, -0.2) is 0 Å². The molecule has 0 aliphatic heterocycles. The Balaban J connectivity index is 1.90. The minimum absolute atomic E-state index is 0.854. The fraction of sp³-hybridized carbons (Fsp3) is 0.933. The molecule has 0 spiro atoms. The third-order valence-electron chi connectivity index (χ3n) is 4.61. The van der Waals surface area contributed by atoms with E-state index in [2.05, 4.69) is 20.8 Å². The van der Waals surface area contributed by atoms with Gasteiger partial charge in [-0.1, -0.05) is 59.3 Å². The molecule has 0 atom stereocenters. The molecular weight excluding hydrogens is 180 g/mol. The molecule has 2 aliphatic rings. The SMILES string of the molecule is C[C](CC(C)C)C(C1CCC1)C1CCC1. The van der Waals surface area contributed by atoms with Gasteiger partial charge in [-0.05, 0) is 36.0 Å². The molecule has 2 saturated carbocycles. The molecule has 0 N–H and O–H groups in total. The molecule has 2 rings (SSSR count). The maximum Gasteiger partial charge on any atom is -0.0233 e. The Morgan fingerprint density at radius 2 is 1.47 bits per heavy atom. The van der Waals surface area contributed by atoms with Crippen LogP contribution < -0.4 is 0 Å². The molecule has 1 radical (unpaired) electrons. The van der Waals surface area contributed by atoms with Gasteiger partial charge < -0.3 is 0 Å². The Bertz CT molecular complexity index is 172. The van der Waals surface area contributed by atoms with E-state index >= 15 is 0 Å². The van der Waals surface area contributed by atoms with Crippen LogP contribution in [0.3, 0.4) is 0 Å². The lowest BCUT2D eigenvalue weighted by Crippen LogP contribution is -2.36. The molecule has 0 heteroatoms. The van der Waals surface area contributed by atoms with E-state index in [0.29, 0.717) is 0 Å². The van der Waals surface area contributed by atoms with Crippen LogP contribution in [0.2, 0.25) is 0 Å². The van der Waals surface area contributed by atoms with Gasteiger partial charge in [0.1, 0.15) is 0 Å². The second-order valence-electron chi connectivity index (χ2n) is 6.35. The van der Waals surface area contributed by atoms with Gasteiger partial charge in [-0.3, -0.25) is 0 Å². The van der Waals surface area contributed by atoms with Crippen LogP contribution in [0, 0.1) is 29.6 Å². The Morgan fingerprint density at radius 1 is 1.00 bits per heavy atom. The first-order chi connectivity index (χ1) is 7.18. The second kappa shape index (κ2) is 4.89. The normalized spacial score (nSPS) is 23.6. The van der Waals surface area contributed by atoms with Gasteiger partial charge in [0.2, 0.25) is 0 Å². The van der Waals surface area contributed by atoms with Gasteiger partial charge in [0.15, 0.2) is 0 Å². The van der Waals surface area contributed by atoms with Crippen LogP contribution in [0.15, 0.2) is 0 Å². The van der Waals surface area contributed by atoms with Crippen molar-refractivity contribution in [3.8, 4) is 0 Å². The van der Waals surface area contributed by atoms with Crippen molar-refractivity contribution in [2.45, 2.75) is 65.7 Å².